The van der Waals surface area contributed by atoms with E-state index in [-0.39, 0.29) is 53.7 Å². The van der Waals surface area contributed by atoms with E-state index in [2.05, 4.69) is 43.9 Å². The van der Waals surface area contributed by atoms with Crippen LogP contribution in [0.1, 0.15) is 43.6 Å². The fourth-order valence-corrected chi connectivity index (χ4v) is 6.81. The maximum Gasteiger partial charge on any atom is 0.417 e. The van der Waals surface area contributed by atoms with Crippen LogP contribution in [-0.2, 0) is 10.9 Å². The van der Waals surface area contributed by atoms with Crippen molar-refractivity contribution in [1.29, 1.82) is 0 Å². The first-order valence-electron chi connectivity index (χ1n) is 16.6. The minimum absolute atomic E-state index is 0.0570. The molecule has 15 heteroatoms. The molecule has 1 aromatic carbocycles. The molecule has 1 amide bonds. The molecule has 0 saturated carbocycles. The van der Waals surface area contributed by atoms with Crippen LogP contribution in [0.5, 0.6) is 5.88 Å². The van der Waals surface area contributed by atoms with Gasteiger partial charge in [-0.2, -0.15) is 13.2 Å². The Morgan fingerprint density at radius 2 is 1.66 bits per heavy atom. The number of hydrogen-bond donors (Lipinski definition) is 1. The van der Waals surface area contributed by atoms with Crippen LogP contribution in [0.4, 0.5) is 34.9 Å². The summed E-state index contributed by atoms with van der Waals surface area (Å²) < 4.78 is 70.6. The van der Waals surface area contributed by atoms with Crippen molar-refractivity contribution < 1.29 is 31.8 Å². The Balaban J connectivity index is 1.53. The van der Waals surface area contributed by atoms with Crippen molar-refractivity contribution in [3.05, 3.63) is 53.6 Å². The molecule has 3 aromatic rings. The highest BCUT2D eigenvalue weighted by atomic mass is 32.3. The van der Waals surface area contributed by atoms with Gasteiger partial charge in [-0.1, -0.05) is 0 Å². The predicted molar refractivity (Wildman–Crippen MR) is 191 cm³/mol. The Hall–Kier alpha value is -3.69. The maximum absolute atomic E-state index is 16.1. The molecular weight excluding hydrogens is 674 g/mol. The summed E-state index contributed by atoms with van der Waals surface area (Å²) in [6.07, 6.45) is 3.65. The van der Waals surface area contributed by atoms with Crippen molar-refractivity contribution in [3.63, 3.8) is 0 Å². The van der Waals surface area contributed by atoms with Crippen molar-refractivity contribution in [3.8, 4) is 17.1 Å². The molecule has 2 saturated heterocycles. The molecule has 5 rings (SSSR count). The second-order valence-electron chi connectivity index (χ2n) is 14.2. The van der Waals surface area contributed by atoms with E-state index in [1.54, 1.807) is 6.07 Å². The van der Waals surface area contributed by atoms with Gasteiger partial charge in [-0.3, -0.25) is 9.69 Å². The number of morpholine rings is 1. The molecule has 2 aliphatic heterocycles. The molecule has 274 valence electrons. The molecule has 2 aliphatic rings. The van der Waals surface area contributed by atoms with Gasteiger partial charge in [0.25, 0.3) is 5.91 Å². The number of aromatic nitrogens is 3. The van der Waals surface area contributed by atoms with E-state index in [9.17, 15) is 18.0 Å². The quantitative estimate of drug-likeness (QED) is 0.261. The molecule has 2 fully saturated rings. The van der Waals surface area contributed by atoms with Crippen LogP contribution in [0.2, 0.25) is 0 Å². The van der Waals surface area contributed by atoms with E-state index in [4.69, 9.17) is 9.47 Å². The van der Waals surface area contributed by atoms with Crippen molar-refractivity contribution in [2.75, 3.05) is 79.5 Å². The molecule has 0 unspecified atom stereocenters. The molecule has 50 heavy (non-hydrogen) atoms. The number of anilines is 3. The Morgan fingerprint density at radius 1 is 1.00 bits per heavy atom. The van der Waals surface area contributed by atoms with Crippen molar-refractivity contribution in [2.45, 2.75) is 58.2 Å². The van der Waals surface area contributed by atoms with Crippen molar-refractivity contribution >= 4 is 33.3 Å². The number of piperazine rings is 1. The molecule has 4 atom stereocenters. The number of carbonyl (C=O) groups is 1. The van der Waals surface area contributed by atoms with E-state index in [1.807, 2.05) is 44.5 Å². The van der Waals surface area contributed by atoms with Crippen LogP contribution in [0.25, 0.3) is 11.3 Å². The largest absolute Gasteiger partial charge is 0.477 e. The zero-order valence-corrected chi connectivity index (χ0v) is 30.7. The molecule has 10 nitrogen and oxygen atoms in total. The van der Waals surface area contributed by atoms with Gasteiger partial charge >= 0.3 is 6.18 Å². The van der Waals surface area contributed by atoms with Gasteiger partial charge in [0.1, 0.15) is 5.82 Å². The van der Waals surface area contributed by atoms with Gasteiger partial charge in [-0.15, -0.1) is 0 Å². The number of likely N-dealkylation sites (N-methyl/N-ethyl adjacent to an activating group) is 1. The van der Waals surface area contributed by atoms with Gasteiger partial charge in [0.05, 0.1) is 47.0 Å². The number of benzene rings is 1. The zero-order valence-electron chi connectivity index (χ0n) is 29.8. The molecule has 4 heterocycles. The van der Waals surface area contributed by atoms with Gasteiger partial charge in [0, 0.05) is 68.0 Å². The minimum Gasteiger partial charge on any atom is -0.477 e. The number of alkyl halides is 3. The topological polar surface area (TPSA) is 96.0 Å². The SMILES string of the molecule is C[C@@H]1CN(c2nccc(-c3cc(NC(=O)c4cnc(OCCS(C)(C)C)cc4C(F)(F)F)c(N4C[C@@H](C)N(C)[C@@H](C)C4)cc3F)n2)C[C@H](C)O1. The van der Waals surface area contributed by atoms with E-state index < -0.39 is 39.1 Å². The molecule has 0 aliphatic carbocycles. The summed E-state index contributed by atoms with van der Waals surface area (Å²) in [7, 11) is 1.07. The molecule has 2 aromatic heterocycles. The monoisotopic (exact) mass is 721 g/mol. The lowest BCUT2D eigenvalue weighted by molar-refractivity contribution is -0.138. The molecule has 0 bridgehead atoms. The fraction of sp³-hybridized carbons (Fsp3) is 0.543. The number of rotatable bonds is 9. The second-order valence-corrected chi connectivity index (χ2v) is 18.8. The molecule has 1 N–H and O–H groups in total. The van der Waals surface area contributed by atoms with Gasteiger partial charge in [0.15, 0.2) is 0 Å². The predicted octanol–water partition coefficient (Wildman–Crippen LogP) is 6.16. The number of nitrogens with one attached hydrogen (secondary N) is 1. The third-order valence-electron chi connectivity index (χ3n) is 9.03. The van der Waals surface area contributed by atoms with Crippen LogP contribution in [0, 0.1) is 5.82 Å². The summed E-state index contributed by atoms with van der Waals surface area (Å²) in [5.41, 5.74) is -1.03. The Kier molecular flexibility index (Phi) is 11.2. The average Bonchev–Trinajstić information content (AvgIpc) is 3.02. The summed E-state index contributed by atoms with van der Waals surface area (Å²) in [4.78, 5) is 33.0. The summed E-state index contributed by atoms with van der Waals surface area (Å²) in [5.74, 6) is -0.777. The highest BCUT2D eigenvalue weighted by Gasteiger charge is 2.37. The van der Waals surface area contributed by atoms with Gasteiger partial charge in [0.2, 0.25) is 11.8 Å². The second kappa shape index (κ2) is 14.9. The lowest BCUT2D eigenvalue weighted by Crippen LogP contribution is -2.55. The van der Waals surface area contributed by atoms with Crippen LogP contribution < -0.4 is 19.9 Å². The number of halogens is 4. The first-order valence-corrected chi connectivity index (χ1v) is 19.6. The Morgan fingerprint density at radius 3 is 2.28 bits per heavy atom. The summed E-state index contributed by atoms with van der Waals surface area (Å²) in [6, 6.07) is 5.23. The van der Waals surface area contributed by atoms with Crippen molar-refractivity contribution in [2.24, 2.45) is 0 Å². The van der Waals surface area contributed by atoms with Crippen molar-refractivity contribution in [1.82, 2.24) is 19.9 Å². The third kappa shape index (κ3) is 8.96. The number of nitrogens with zero attached hydrogens (tertiary/aromatic N) is 6. The lowest BCUT2D eigenvalue weighted by Gasteiger charge is -2.44. The number of pyridine rings is 1. The maximum atomic E-state index is 16.1. The minimum atomic E-state index is -4.87. The zero-order chi connectivity index (χ0) is 36.5. The van der Waals surface area contributed by atoms with Crippen LogP contribution in [0.15, 0.2) is 36.7 Å². The Bertz CT molecular complexity index is 1670. The summed E-state index contributed by atoms with van der Waals surface area (Å²) in [6.45, 7) is 10.3. The fourth-order valence-electron chi connectivity index (χ4n) is 6.23. The third-order valence-corrected chi connectivity index (χ3v) is 10.4. The van der Waals surface area contributed by atoms with Gasteiger partial charge in [-0.05, 0) is 71.7 Å². The summed E-state index contributed by atoms with van der Waals surface area (Å²) >= 11 is 0. The van der Waals surface area contributed by atoms with E-state index >= 15 is 4.39 Å². The normalized spacial score (nSPS) is 22.4. The number of hydrogen-bond acceptors (Lipinski definition) is 9. The highest BCUT2D eigenvalue weighted by Crippen LogP contribution is 2.38. The van der Waals surface area contributed by atoms with Crippen LogP contribution >= 0.6 is 10.0 Å². The molecular formula is C35H47F4N7O3S. The van der Waals surface area contributed by atoms with Crippen LogP contribution in [-0.4, -0.2) is 114 Å². The van der Waals surface area contributed by atoms with Crippen LogP contribution in [0.3, 0.4) is 0 Å². The smallest absolute Gasteiger partial charge is 0.417 e. The first-order chi connectivity index (χ1) is 23.4. The van der Waals surface area contributed by atoms with Gasteiger partial charge < -0.3 is 24.6 Å². The standard InChI is InChI=1S/C35H47F4N7O3S/c1-21-17-45(18-22(2)44(21)5)31-15-28(36)25(29-9-10-40-34(43-29)46-19-23(3)49-24(4)20-46)13-30(31)42-33(47)26-16-41-32(14-27(26)35(37,38)39)48-11-12-50(6,7)8/h9-10,13-16,21-24H,11-12,17-20H2,1-8H3,(H,42,47)/t21-,22+,23-,24+. The van der Waals surface area contributed by atoms with E-state index in [0.717, 1.165) is 12.3 Å². The number of amides is 1. The molecule has 0 spiro atoms. The average molecular weight is 722 g/mol. The summed E-state index contributed by atoms with van der Waals surface area (Å²) in [5, 5.41) is 2.68. The lowest BCUT2D eigenvalue weighted by atomic mass is 10.0. The highest BCUT2D eigenvalue weighted by molar-refractivity contribution is 8.32. The number of carbonyl (C=O) groups excluding carboxylic acids is 1. The number of ether oxygens (including phenoxy) is 2. The van der Waals surface area contributed by atoms with Gasteiger partial charge in [-0.25, -0.2) is 29.4 Å². The molecule has 0 radical (unpaired) electrons. The first kappa shape index (κ1) is 37.6. The Labute approximate surface area is 292 Å². The van der Waals surface area contributed by atoms with E-state index in [1.165, 1.54) is 18.3 Å². The van der Waals surface area contributed by atoms with E-state index in [0.29, 0.717) is 43.6 Å².